The van der Waals surface area contributed by atoms with E-state index in [9.17, 15) is 14.4 Å². The summed E-state index contributed by atoms with van der Waals surface area (Å²) < 4.78 is 5.15. The van der Waals surface area contributed by atoms with Crippen molar-refractivity contribution in [3.05, 3.63) is 88.9 Å². The third kappa shape index (κ3) is 5.38. The van der Waals surface area contributed by atoms with E-state index in [1.54, 1.807) is 60.5 Å². The Morgan fingerprint density at radius 3 is 2.44 bits per heavy atom. The van der Waals surface area contributed by atoms with Crippen molar-refractivity contribution >= 4 is 40.7 Å². The summed E-state index contributed by atoms with van der Waals surface area (Å²) in [4.78, 5) is 39.9. The maximum Gasteiger partial charge on any atom is 0.253 e. The van der Waals surface area contributed by atoms with Gasteiger partial charge in [0, 0.05) is 30.2 Å². The predicted molar refractivity (Wildman–Crippen MR) is 131 cm³/mol. The van der Waals surface area contributed by atoms with Crippen LogP contribution in [0.2, 0.25) is 5.02 Å². The highest BCUT2D eigenvalue weighted by Crippen LogP contribution is 2.27. The highest BCUT2D eigenvalue weighted by atomic mass is 35.5. The predicted octanol–water partition coefficient (Wildman–Crippen LogP) is 4.27. The molecular formula is C26H24ClN3O4. The zero-order valence-corrected chi connectivity index (χ0v) is 19.3. The van der Waals surface area contributed by atoms with Crippen LogP contribution in [-0.2, 0) is 16.1 Å². The van der Waals surface area contributed by atoms with Crippen LogP contribution in [0.4, 0.5) is 11.4 Å². The quantitative estimate of drug-likeness (QED) is 0.532. The molecule has 1 saturated heterocycles. The maximum atomic E-state index is 13.0. The minimum Gasteiger partial charge on any atom is -0.497 e. The van der Waals surface area contributed by atoms with Crippen LogP contribution in [0.5, 0.6) is 5.75 Å². The van der Waals surface area contributed by atoms with Gasteiger partial charge in [-0.1, -0.05) is 35.9 Å². The Labute approximate surface area is 202 Å². The number of carbonyl (C=O) groups excluding carboxylic acids is 3. The summed E-state index contributed by atoms with van der Waals surface area (Å²) in [7, 11) is 1.60. The van der Waals surface area contributed by atoms with E-state index in [1.165, 1.54) is 0 Å². The number of ether oxygens (including phenoxy) is 1. The number of anilines is 2. The van der Waals surface area contributed by atoms with E-state index in [1.807, 2.05) is 24.3 Å². The minimum atomic E-state index is -0.529. The Balaban J connectivity index is 1.40. The molecule has 0 bridgehead atoms. The molecular weight excluding hydrogens is 454 g/mol. The minimum absolute atomic E-state index is 0.0975. The molecule has 0 aromatic heterocycles. The normalized spacial score (nSPS) is 15.2. The van der Waals surface area contributed by atoms with E-state index in [4.69, 9.17) is 16.3 Å². The van der Waals surface area contributed by atoms with Crippen LogP contribution in [0.15, 0.2) is 72.8 Å². The van der Waals surface area contributed by atoms with Gasteiger partial charge < -0.3 is 20.3 Å². The highest BCUT2D eigenvalue weighted by Gasteiger charge is 2.35. The SMILES string of the molecule is COc1ccc(CNC(=O)c2ccccc2NC(=O)[C@H]2CC(=O)N(c3ccc(Cl)cc3)C2)cc1. The number of benzene rings is 3. The molecule has 0 aliphatic carbocycles. The molecule has 1 heterocycles. The number of nitrogens with one attached hydrogen (secondary N) is 2. The fourth-order valence-corrected chi connectivity index (χ4v) is 3.93. The summed E-state index contributed by atoms with van der Waals surface area (Å²) in [5.41, 5.74) is 2.37. The molecule has 1 aliphatic heterocycles. The Morgan fingerprint density at radius 2 is 1.74 bits per heavy atom. The molecule has 0 spiro atoms. The summed E-state index contributed by atoms with van der Waals surface area (Å²) in [5.74, 6) is -0.535. The second kappa shape index (κ2) is 10.4. The molecule has 34 heavy (non-hydrogen) atoms. The van der Waals surface area contributed by atoms with Crippen LogP contribution >= 0.6 is 11.6 Å². The smallest absolute Gasteiger partial charge is 0.253 e. The highest BCUT2D eigenvalue weighted by molar-refractivity contribution is 6.30. The molecule has 0 unspecified atom stereocenters. The number of halogens is 1. The molecule has 3 aromatic rings. The Kier molecular flexibility index (Phi) is 7.13. The number of amides is 3. The topological polar surface area (TPSA) is 87.7 Å². The lowest BCUT2D eigenvalue weighted by molar-refractivity contribution is -0.122. The monoisotopic (exact) mass is 477 g/mol. The van der Waals surface area contributed by atoms with Crippen LogP contribution in [0.25, 0.3) is 0 Å². The first-order valence-corrected chi connectivity index (χ1v) is 11.2. The van der Waals surface area contributed by atoms with Crippen molar-refractivity contribution in [2.45, 2.75) is 13.0 Å². The molecule has 3 aromatic carbocycles. The van der Waals surface area contributed by atoms with Gasteiger partial charge in [-0.2, -0.15) is 0 Å². The summed E-state index contributed by atoms with van der Waals surface area (Å²) in [6.45, 7) is 0.594. The van der Waals surface area contributed by atoms with Crippen molar-refractivity contribution in [1.82, 2.24) is 5.32 Å². The molecule has 0 saturated carbocycles. The zero-order valence-electron chi connectivity index (χ0n) is 18.6. The van der Waals surface area contributed by atoms with Gasteiger partial charge in [0.1, 0.15) is 5.75 Å². The van der Waals surface area contributed by atoms with Crippen molar-refractivity contribution < 1.29 is 19.1 Å². The molecule has 1 fully saturated rings. The molecule has 4 rings (SSSR count). The molecule has 1 aliphatic rings. The van der Waals surface area contributed by atoms with Crippen LogP contribution in [-0.4, -0.2) is 31.4 Å². The van der Waals surface area contributed by atoms with Gasteiger partial charge in [-0.15, -0.1) is 0 Å². The first-order valence-electron chi connectivity index (χ1n) is 10.8. The van der Waals surface area contributed by atoms with Gasteiger partial charge in [0.05, 0.1) is 24.3 Å². The van der Waals surface area contributed by atoms with Crippen molar-refractivity contribution in [3.63, 3.8) is 0 Å². The van der Waals surface area contributed by atoms with Crippen LogP contribution < -0.4 is 20.3 Å². The number of nitrogens with zero attached hydrogens (tertiary/aromatic N) is 1. The lowest BCUT2D eigenvalue weighted by Gasteiger charge is -2.17. The van der Waals surface area contributed by atoms with Crippen LogP contribution in [0, 0.1) is 5.92 Å². The second-order valence-electron chi connectivity index (χ2n) is 7.95. The number of carbonyl (C=O) groups is 3. The zero-order chi connectivity index (χ0) is 24.1. The maximum absolute atomic E-state index is 13.0. The van der Waals surface area contributed by atoms with Gasteiger partial charge in [0.25, 0.3) is 5.91 Å². The summed E-state index contributed by atoms with van der Waals surface area (Å²) >= 11 is 5.93. The number of rotatable bonds is 7. The average molecular weight is 478 g/mol. The van der Waals surface area contributed by atoms with Crippen molar-refractivity contribution in [3.8, 4) is 5.75 Å². The first kappa shape index (κ1) is 23.3. The number of methoxy groups -OCH3 is 1. The molecule has 2 N–H and O–H groups in total. The molecule has 3 amide bonds. The largest absolute Gasteiger partial charge is 0.497 e. The van der Waals surface area contributed by atoms with Gasteiger partial charge in [-0.25, -0.2) is 0 Å². The van der Waals surface area contributed by atoms with Crippen molar-refractivity contribution in [2.75, 3.05) is 23.9 Å². The Morgan fingerprint density at radius 1 is 1.03 bits per heavy atom. The fourth-order valence-electron chi connectivity index (χ4n) is 3.80. The standard InChI is InChI=1S/C26H24ClN3O4/c1-34-21-12-6-17(7-13-21)15-28-26(33)22-4-2-3-5-23(22)29-25(32)18-14-24(31)30(16-18)20-10-8-19(27)9-11-20/h2-13,18H,14-16H2,1H3,(H,28,33)(H,29,32)/t18-/m0/s1. The van der Waals surface area contributed by atoms with Gasteiger partial charge in [0.15, 0.2) is 0 Å². The first-order chi connectivity index (χ1) is 16.4. The van der Waals surface area contributed by atoms with Gasteiger partial charge >= 0.3 is 0 Å². The average Bonchev–Trinajstić information content (AvgIpc) is 3.25. The number of hydrogen-bond donors (Lipinski definition) is 2. The van der Waals surface area contributed by atoms with Crippen molar-refractivity contribution in [1.29, 1.82) is 0 Å². The third-order valence-electron chi connectivity index (χ3n) is 5.68. The van der Waals surface area contributed by atoms with E-state index < -0.39 is 5.92 Å². The van der Waals surface area contributed by atoms with E-state index >= 15 is 0 Å². The third-order valence-corrected chi connectivity index (χ3v) is 5.93. The van der Waals surface area contributed by atoms with Crippen LogP contribution in [0.1, 0.15) is 22.3 Å². The lowest BCUT2D eigenvalue weighted by Crippen LogP contribution is -2.29. The Bertz CT molecular complexity index is 1200. The summed E-state index contributed by atoms with van der Waals surface area (Å²) in [6.07, 6.45) is 0.0975. The molecule has 174 valence electrons. The van der Waals surface area contributed by atoms with E-state index in [0.717, 1.165) is 11.3 Å². The van der Waals surface area contributed by atoms with Crippen LogP contribution in [0.3, 0.4) is 0 Å². The molecule has 0 radical (unpaired) electrons. The number of para-hydroxylation sites is 1. The lowest BCUT2D eigenvalue weighted by atomic mass is 10.1. The van der Waals surface area contributed by atoms with Gasteiger partial charge in [0.2, 0.25) is 11.8 Å². The van der Waals surface area contributed by atoms with Gasteiger partial charge in [-0.3, -0.25) is 14.4 Å². The van der Waals surface area contributed by atoms with Gasteiger partial charge in [-0.05, 0) is 54.1 Å². The fraction of sp³-hybridized carbons (Fsp3) is 0.192. The van der Waals surface area contributed by atoms with E-state index in [2.05, 4.69) is 10.6 Å². The molecule has 1 atom stereocenters. The number of hydrogen-bond acceptors (Lipinski definition) is 4. The molecule has 8 heteroatoms. The summed E-state index contributed by atoms with van der Waals surface area (Å²) in [6, 6.07) is 21.1. The second-order valence-corrected chi connectivity index (χ2v) is 8.38. The molecule has 7 nitrogen and oxygen atoms in total. The van der Waals surface area contributed by atoms with E-state index in [-0.39, 0.29) is 30.7 Å². The van der Waals surface area contributed by atoms with Crippen molar-refractivity contribution in [2.24, 2.45) is 5.92 Å². The van der Waals surface area contributed by atoms with E-state index in [0.29, 0.717) is 28.5 Å². The Hall–Kier alpha value is -3.84. The summed E-state index contributed by atoms with van der Waals surface area (Å²) in [5, 5.41) is 6.28.